The van der Waals surface area contributed by atoms with E-state index in [1.807, 2.05) is 18.2 Å². The highest BCUT2D eigenvalue weighted by atomic mass is 16.4. The minimum atomic E-state index is -0.965. The van der Waals surface area contributed by atoms with Gasteiger partial charge < -0.3 is 10.1 Å². The van der Waals surface area contributed by atoms with Gasteiger partial charge in [-0.15, -0.1) is 0 Å². The molecule has 1 aromatic carbocycles. The quantitative estimate of drug-likeness (QED) is 0.846. The molecule has 0 saturated heterocycles. The lowest BCUT2D eigenvalue weighted by Crippen LogP contribution is -2.11. The van der Waals surface area contributed by atoms with Crippen molar-refractivity contribution in [2.45, 2.75) is 18.3 Å². The molecule has 0 bridgehead atoms. The number of imidazole rings is 1. The third-order valence-corrected chi connectivity index (χ3v) is 3.34. The fourth-order valence-corrected chi connectivity index (χ4v) is 2.22. The number of carboxylic acids is 1. The van der Waals surface area contributed by atoms with E-state index < -0.39 is 5.97 Å². The maximum absolute atomic E-state index is 10.8. The molecule has 0 unspecified atom stereocenters. The molecule has 3 rings (SSSR count). The second kappa shape index (κ2) is 3.45. The molecular weight excluding hydrogens is 216 g/mol. The molecule has 0 spiro atoms. The van der Waals surface area contributed by atoms with Gasteiger partial charge in [-0.3, -0.25) is 0 Å². The molecule has 0 radical (unpaired) electrons. The zero-order chi connectivity index (χ0) is 11.9. The third-order valence-electron chi connectivity index (χ3n) is 3.34. The molecule has 17 heavy (non-hydrogen) atoms. The summed E-state index contributed by atoms with van der Waals surface area (Å²) in [4.78, 5) is 17.9. The lowest BCUT2D eigenvalue weighted by molar-refractivity contribution is 0.0691. The molecule has 1 aliphatic carbocycles. The van der Waals surface area contributed by atoms with E-state index >= 15 is 0 Å². The molecule has 1 heterocycles. The van der Waals surface area contributed by atoms with Gasteiger partial charge in [-0.25, -0.2) is 9.78 Å². The number of aromatic nitrogens is 2. The van der Waals surface area contributed by atoms with Crippen LogP contribution in [0.2, 0.25) is 0 Å². The molecule has 2 N–H and O–H groups in total. The summed E-state index contributed by atoms with van der Waals surface area (Å²) in [6, 6.07) is 10.1. The molecule has 0 amide bonds. The summed E-state index contributed by atoms with van der Waals surface area (Å²) < 4.78 is 0. The number of hydrogen-bond acceptors (Lipinski definition) is 2. The Bertz CT molecular complexity index is 556. The van der Waals surface area contributed by atoms with Gasteiger partial charge in [-0.05, 0) is 18.4 Å². The zero-order valence-electron chi connectivity index (χ0n) is 9.18. The predicted molar refractivity (Wildman–Crippen MR) is 62.0 cm³/mol. The van der Waals surface area contributed by atoms with E-state index in [0.717, 1.165) is 18.7 Å². The van der Waals surface area contributed by atoms with Crippen LogP contribution < -0.4 is 0 Å². The average Bonchev–Trinajstić information content (AvgIpc) is 3.00. The van der Waals surface area contributed by atoms with Gasteiger partial charge in [0.1, 0.15) is 11.5 Å². The molecule has 0 aliphatic heterocycles. The summed E-state index contributed by atoms with van der Waals surface area (Å²) in [5.41, 5.74) is 1.27. The number of aromatic amines is 1. The number of rotatable bonds is 3. The van der Waals surface area contributed by atoms with Crippen LogP contribution in [-0.2, 0) is 5.41 Å². The molecule has 1 fully saturated rings. The molecular formula is C13H12N2O2. The standard InChI is InChI=1S/C13H12N2O2/c16-11(17)10-8-14-12(15-10)13(6-7-13)9-4-2-1-3-5-9/h1-5,8H,6-7H2,(H,14,15)(H,16,17). The number of hydrogen-bond donors (Lipinski definition) is 2. The van der Waals surface area contributed by atoms with Crippen molar-refractivity contribution in [2.24, 2.45) is 0 Å². The monoisotopic (exact) mass is 228 g/mol. The minimum absolute atomic E-state index is 0.0883. The zero-order valence-corrected chi connectivity index (χ0v) is 9.18. The van der Waals surface area contributed by atoms with Gasteiger partial charge in [0.2, 0.25) is 0 Å². The predicted octanol–water partition coefficient (Wildman–Crippen LogP) is 2.19. The van der Waals surface area contributed by atoms with Crippen molar-refractivity contribution in [3.05, 3.63) is 53.6 Å². The molecule has 1 aliphatic rings. The Morgan fingerprint density at radius 2 is 2.00 bits per heavy atom. The summed E-state index contributed by atoms with van der Waals surface area (Å²) >= 11 is 0. The summed E-state index contributed by atoms with van der Waals surface area (Å²) in [6.07, 6.45) is 3.42. The largest absolute Gasteiger partial charge is 0.477 e. The molecule has 86 valence electrons. The van der Waals surface area contributed by atoms with Crippen LogP contribution in [0.1, 0.15) is 34.7 Å². The van der Waals surface area contributed by atoms with Crippen LogP contribution in [-0.4, -0.2) is 21.0 Å². The lowest BCUT2D eigenvalue weighted by Gasteiger charge is -2.12. The Morgan fingerprint density at radius 1 is 1.29 bits per heavy atom. The topological polar surface area (TPSA) is 66.0 Å². The van der Waals surface area contributed by atoms with Gasteiger partial charge in [0, 0.05) is 0 Å². The molecule has 2 aromatic rings. The van der Waals surface area contributed by atoms with Crippen molar-refractivity contribution in [3.8, 4) is 0 Å². The maximum atomic E-state index is 10.8. The second-order valence-corrected chi connectivity index (χ2v) is 4.40. The van der Waals surface area contributed by atoms with Gasteiger partial charge >= 0.3 is 5.97 Å². The van der Waals surface area contributed by atoms with E-state index in [9.17, 15) is 4.79 Å². The van der Waals surface area contributed by atoms with E-state index in [0.29, 0.717) is 0 Å². The van der Waals surface area contributed by atoms with Crippen molar-refractivity contribution in [1.29, 1.82) is 0 Å². The lowest BCUT2D eigenvalue weighted by atomic mass is 9.95. The highest BCUT2D eigenvalue weighted by Gasteiger charge is 2.48. The van der Waals surface area contributed by atoms with Gasteiger partial charge in [0.15, 0.2) is 0 Å². The first kappa shape index (κ1) is 10.1. The summed E-state index contributed by atoms with van der Waals surface area (Å²) in [6.45, 7) is 0. The Morgan fingerprint density at radius 3 is 2.53 bits per heavy atom. The molecule has 1 saturated carbocycles. The van der Waals surface area contributed by atoms with Gasteiger partial charge in [-0.1, -0.05) is 30.3 Å². The fourth-order valence-electron chi connectivity index (χ4n) is 2.22. The van der Waals surface area contributed by atoms with Crippen LogP contribution in [0.25, 0.3) is 0 Å². The third kappa shape index (κ3) is 1.53. The van der Waals surface area contributed by atoms with Crippen LogP contribution in [0, 0.1) is 0 Å². The second-order valence-electron chi connectivity index (χ2n) is 4.40. The fraction of sp³-hybridized carbons (Fsp3) is 0.231. The van der Waals surface area contributed by atoms with E-state index in [4.69, 9.17) is 5.11 Å². The van der Waals surface area contributed by atoms with Crippen LogP contribution in [0.4, 0.5) is 0 Å². The normalized spacial score (nSPS) is 16.7. The molecule has 1 aromatic heterocycles. The Balaban J connectivity index is 2.01. The van der Waals surface area contributed by atoms with E-state index in [2.05, 4.69) is 22.1 Å². The number of H-pyrrole nitrogens is 1. The Kier molecular flexibility index (Phi) is 2.04. The van der Waals surface area contributed by atoms with E-state index in [-0.39, 0.29) is 11.1 Å². The number of nitrogens with zero attached hydrogens (tertiary/aromatic N) is 1. The maximum Gasteiger partial charge on any atom is 0.353 e. The first-order valence-electron chi connectivity index (χ1n) is 5.57. The van der Waals surface area contributed by atoms with Gasteiger partial charge in [-0.2, -0.15) is 0 Å². The van der Waals surface area contributed by atoms with Crippen molar-refractivity contribution < 1.29 is 9.90 Å². The number of carbonyl (C=O) groups is 1. The van der Waals surface area contributed by atoms with Crippen LogP contribution in [0.3, 0.4) is 0 Å². The van der Waals surface area contributed by atoms with Gasteiger partial charge in [0.25, 0.3) is 0 Å². The van der Waals surface area contributed by atoms with Crippen LogP contribution in [0.5, 0.6) is 0 Å². The first-order valence-corrected chi connectivity index (χ1v) is 5.57. The molecule has 0 atom stereocenters. The SMILES string of the molecule is O=C(O)c1cnc(C2(c3ccccc3)CC2)[nH]1. The smallest absolute Gasteiger partial charge is 0.353 e. The van der Waals surface area contributed by atoms with Crippen LogP contribution in [0.15, 0.2) is 36.5 Å². The highest BCUT2D eigenvalue weighted by Crippen LogP contribution is 2.52. The van der Waals surface area contributed by atoms with Crippen LogP contribution >= 0.6 is 0 Å². The summed E-state index contributed by atoms with van der Waals surface area (Å²) in [5.74, 6) is -0.200. The first-order chi connectivity index (χ1) is 8.22. The number of aromatic carboxylic acids is 1. The number of carboxylic acid groups (broad SMARTS) is 1. The average molecular weight is 228 g/mol. The summed E-state index contributed by atoms with van der Waals surface area (Å²) in [7, 11) is 0. The molecule has 4 heteroatoms. The Hall–Kier alpha value is -2.10. The number of nitrogens with one attached hydrogen (secondary N) is 1. The minimum Gasteiger partial charge on any atom is -0.477 e. The van der Waals surface area contributed by atoms with E-state index in [1.165, 1.54) is 11.8 Å². The van der Waals surface area contributed by atoms with Crippen molar-refractivity contribution in [3.63, 3.8) is 0 Å². The summed E-state index contributed by atoms with van der Waals surface area (Å²) in [5, 5.41) is 8.88. The van der Waals surface area contributed by atoms with E-state index in [1.54, 1.807) is 0 Å². The van der Waals surface area contributed by atoms with Crippen molar-refractivity contribution in [2.75, 3.05) is 0 Å². The number of benzene rings is 1. The highest BCUT2D eigenvalue weighted by molar-refractivity contribution is 5.85. The van der Waals surface area contributed by atoms with Gasteiger partial charge in [0.05, 0.1) is 11.6 Å². The van der Waals surface area contributed by atoms with Crippen molar-refractivity contribution in [1.82, 2.24) is 9.97 Å². The Labute approximate surface area is 98.3 Å². The molecule has 4 nitrogen and oxygen atoms in total. The van der Waals surface area contributed by atoms with Crippen molar-refractivity contribution >= 4 is 5.97 Å².